The third kappa shape index (κ3) is 2.63. The highest BCUT2D eigenvalue weighted by atomic mass is 16.3. The number of allylic oxidation sites excluding steroid dienone is 1. The van der Waals surface area contributed by atoms with Gasteiger partial charge < -0.3 is 10.0 Å². The SMILES string of the molecule is CC=CC(=O)N(C)C(C)c1ccccc1O. The molecule has 0 aliphatic carbocycles. The largest absolute Gasteiger partial charge is 0.508 e. The monoisotopic (exact) mass is 219 g/mol. The first kappa shape index (κ1) is 12.3. The Morgan fingerprint density at radius 2 is 2.06 bits per heavy atom. The Bertz CT molecular complexity index is 399. The number of carbonyl (C=O) groups excluding carboxylic acids is 1. The molecule has 0 aliphatic rings. The van der Waals surface area contributed by atoms with Gasteiger partial charge in [0.25, 0.3) is 0 Å². The summed E-state index contributed by atoms with van der Waals surface area (Å²) in [5.41, 5.74) is 0.753. The molecule has 1 rings (SSSR count). The van der Waals surface area contributed by atoms with Gasteiger partial charge in [-0.2, -0.15) is 0 Å². The molecular formula is C13H17NO2. The molecule has 0 saturated carbocycles. The molecule has 0 heterocycles. The number of hydrogen-bond donors (Lipinski definition) is 1. The lowest BCUT2D eigenvalue weighted by Gasteiger charge is -2.24. The number of aromatic hydroxyl groups is 1. The van der Waals surface area contributed by atoms with Gasteiger partial charge in [-0.05, 0) is 26.0 Å². The molecule has 1 aromatic rings. The summed E-state index contributed by atoms with van der Waals surface area (Å²) in [4.78, 5) is 13.2. The van der Waals surface area contributed by atoms with Crippen molar-refractivity contribution in [3.05, 3.63) is 42.0 Å². The summed E-state index contributed by atoms with van der Waals surface area (Å²) in [6, 6.07) is 6.91. The van der Waals surface area contributed by atoms with Gasteiger partial charge in [-0.3, -0.25) is 4.79 Å². The normalized spacial score (nSPS) is 12.7. The first-order chi connectivity index (χ1) is 7.57. The number of carbonyl (C=O) groups is 1. The fraction of sp³-hybridized carbons (Fsp3) is 0.308. The van der Waals surface area contributed by atoms with Crippen LogP contribution in [0.5, 0.6) is 5.75 Å². The molecule has 1 N–H and O–H groups in total. The van der Waals surface area contributed by atoms with Crippen molar-refractivity contribution in [1.82, 2.24) is 4.90 Å². The maximum absolute atomic E-state index is 11.6. The molecule has 0 aliphatic heterocycles. The van der Waals surface area contributed by atoms with E-state index in [1.165, 1.54) is 6.08 Å². The Morgan fingerprint density at radius 3 is 2.62 bits per heavy atom. The summed E-state index contributed by atoms with van der Waals surface area (Å²) >= 11 is 0. The second kappa shape index (κ2) is 5.35. The van der Waals surface area contributed by atoms with E-state index in [9.17, 15) is 9.90 Å². The third-order valence-corrected chi connectivity index (χ3v) is 2.62. The minimum atomic E-state index is -0.148. The Morgan fingerprint density at radius 1 is 1.44 bits per heavy atom. The average Bonchev–Trinajstić information content (AvgIpc) is 2.28. The topological polar surface area (TPSA) is 40.5 Å². The number of phenols is 1. The van der Waals surface area contributed by atoms with Crippen LogP contribution in [-0.4, -0.2) is 23.0 Å². The molecule has 0 aromatic heterocycles. The first-order valence-electron chi connectivity index (χ1n) is 5.25. The highest BCUT2D eigenvalue weighted by molar-refractivity contribution is 5.87. The summed E-state index contributed by atoms with van der Waals surface area (Å²) in [6.07, 6.45) is 3.22. The number of likely N-dealkylation sites (N-methyl/N-ethyl adjacent to an activating group) is 1. The average molecular weight is 219 g/mol. The van der Waals surface area contributed by atoms with Crippen molar-refractivity contribution < 1.29 is 9.90 Å². The van der Waals surface area contributed by atoms with Gasteiger partial charge in [0.05, 0.1) is 6.04 Å². The van der Waals surface area contributed by atoms with E-state index in [1.807, 2.05) is 19.1 Å². The maximum atomic E-state index is 11.6. The van der Waals surface area contributed by atoms with Crippen LogP contribution in [0.3, 0.4) is 0 Å². The lowest BCUT2D eigenvalue weighted by Crippen LogP contribution is -2.27. The van der Waals surface area contributed by atoms with E-state index in [0.717, 1.165) is 5.56 Å². The third-order valence-electron chi connectivity index (χ3n) is 2.62. The van der Waals surface area contributed by atoms with Crippen molar-refractivity contribution in [2.45, 2.75) is 19.9 Å². The summed E-state index contributed by atoms with van der Waals surface area (Å²) < 4.78 is 0. The summed E-state index contributed by atoms with van der Waals surface area (Å²) in [7, 11) is 1.72. The predicted octanol–water partition coefficient (Wildman–Crippen LogP) is 2.49. The summed E-state index contributed by atoms with van der Waals surface area (Å²) in [6.45, 7) is 3.69. The second-order valence-electron chi connectivity index (χ2n) is 3.68. The molecule has 16 heavy (non-hydrogen) atoms. The fourth-order valence-electron chi connectivity index (χ4n) is 1.50. The van der Waals surface area contributed by atoms with E-state index in [1.54, 1.807) is 37.1 Å². The smallest absolute Gasteiger partial charge is 0.246 e. The van der Waals surface area contributed by atoms with Gasteiger partial charge in [-0.25, -0.2) is 0 Å². The molecule has 3 heteroatoms. The number of benzene rings is 1. The molecule has 3 nitrogen and oxygen atoms in total. The summed E-state index contributed by atoms with van der Waals surface area (Å²) in [5.74, 6) is 0.147. The van der Waals surface area contributed by atoms with Crippen LogP contribution >= 0.6 is 0 Å². The Labute approximate surface area is 96.0 Å². The Kier molecular flexibility index (Phi) is 4.11. The van der Waals surface area contributed by atoms with E-state index >= 15 is 0 Å². The quantitative estimate of drug-likeness (QED) is 0.793. The number of nitrogens with zero attached hydrogens (tertiary/aromatic N) is 1. The second-order valence-corrected chi connectivity index (χ2v) is 3.68. The predicted molar refractivity (Wildman–Crippen MR) is 64.1 cm³/mol. The molecule has 0 radical (unpaired) electrons. The molecule has 1 aromatic carbocycles. The van der Waals surface area contributed by atoms with Crippen molar-refractivity contribution in [3.8, 4) is 5.75 Å². The zero-order chi connectivity index (χ0) is 12.1. The van der Waals surface area contributed by atoms with E-state index in [4.69, 9.17) is 0 Å². The van der Waals surface area contributed by atoms with Crippen LogP contribution in [0.2, 0.25) is 0 Å². The highest BCUT2D eigenvalue weighted by Crippen LogP contribution is 2.27. The van der Waals surface area contributed by atoms with Crippen LogP contribution in [0.15, 0.2) is 36.4 Å². The summed E-state index contributed by atoms with van der Waals surface area (Å²) in [5, 5.41) is 9.69. The van der Waals surface area contributed by atoms with Crippen LogP contribution in [0.1, 0.15) is 25.5 Å². The molecule has 0 bridgehead atoms. The number of amides is 1. The van der Waals surface area contributed by atoms with Crippen LogP contribution in [0, 0.1) is 0 Å². The van der Waals surface area contributed by atoms with Gasteiger partial charge in [-0.15, -0.1) is 0 Å². The van der Waals surface area contributed by atoms with E-state index < -0.39 is 0 Å². The maximum Gasteiger partial charge on any atom is 0.246 e. The Balaban J connectivity index is 2.90. The molecule has 0 spiro atoms. The molecule has 86 valence electrons. The first-order valence-corrected chi connectivity index (χ1v) is 5.25. The Hall–Kier alpha value is -1.77. The van der Waals surface area contributed by atoms with Gasteiger partial charge >= 0.3 is 0 Å². The molecular weight excluding hydrogens is 202 g/mol. The molecule has 1 unspecified atom stereocenters. The highest BCUT2D eigenvalue weighted by Gasteiger charge is 2.17. The minimum Gasteiger partial charge on any atom is -0.508 e. The van der Waals surface area contributed by atoms with E-state index in [0.29, 0.717) is 0 Å². The number of rotatable bonds is 3. The van der Waals surface area contributed by atoms with Crippen LogP contribution in [0.4, 0.5) is 0 Å². The van der Waals surface area contributed by atoms with Crippen molar-refractivity contribution in [2.24, 2.45) is 0 Å². The minimum absolute atomic E-state index is 0.0711. The van der Waals surface area contributed by atoms with Gasteiger partial charge in [0.15, 0.2) is 0 Å². The number of hydrogen-bond acceptors (Lipinski definition) is 2. The number of phenolic OH excluding ortho intramolecular Hbond substituents is 1. The zero-order valence-electron chi connectivity index (χ0n) is 9.84. The van der Waals surface area contributed by atoms with Gasteiger partial charge in [0.2, 0.25) is 5.91 Å². The fourth-order valence-corrected chi connectivity index (χ4v) is 1.50. The van der Waals surface area contributed by atoms with E-state index in [2.05, 4.69) is 0 Å². The van der Waals surface area contributed by atoms with Crippen LogP contribution in [0.25, 0.3) is 0 Å². The van der Waals surface area contributed by atoms with Gasteiger partial charge in [0.1, 0.15) is 5.75 Å². The van der Waals surface area contributed by atoms with Crippen LogP contribution < -0.4 is 0 Å². The van der Waals surface area contributed by atoms with Crippen molar-refractivity contribution in [3.63, 3.8) is 0 Å². The van der Waals surface area contributed by atoms with E-state index in [-0.39, 0.29) is 17.7 Å². The van der Waals surface area contributed by atoms with Gasteiger partial charge in [-0.1, -0.05) is 24.3 Å². The molecule has 1 amide bonds. The van der Waals surface area contributed by atoms with Crippen LogP contribution in [-0.2, 0) is 4.79 Å². The lowest BCUT2D eigenvalue weighted by atomic mass is 10.1. The van der Waals surface area contributed by atoms with Crippen molar-refractivity contribution >= 4 is 5.91 Å². The number of para-hydroxylation sites is 1. The standard InChI is InChI=1S/C13H17NO2/c1-4-7-13(16)14(3)10(2)11-8-5-6-9-12(11)15/h4-10,15H,1-3H3. The molecule has 0 saturated heterocycles. The van der Waals surface area contributed by atoms with Gasteiger partial charge in [0, 0.05) is 12.6 Å². The van der Waals surface area contributed by atoms with Crippen molar-refractivity contribution in [2.75, 3.05) is 7.05 Å². The lowest BCUT2D eigenvalue weighted by molar-refractivity contribution is -0.126. The zero-order valence-corrected chi connectivity index (χ0v) is 9.84. The molecule has 1 atom stereocenters. The van der Waals surface area contributed by atoms with Crippen molar-refractivity contribution in [1.29, 1.82) is 0 Å². The molecule has 0 fully saturated rings.